The topological polar surface area (TPSA) is 9.23 Å². The van der Waals surface area contributed by atoms with Gasteiger partial charge < -0.3 is 9.13 Å². The van der Waals surface area contributed by atoms with Crippen LogP contribution in [0.4, 0.5) is 13.2 Å². The zero-order valence-corrected chi connectivity index (χ0v) is 10.9. The number of hydrogen-bond acceptors (Lipinski definition) is 1. The van der Waals surface area contributed by atoms with Crippen molar-refractivity contribution in [3.63, 3.8) is 0 Å². The van der Waals surface area contributed by atoms with Crippen molar-refractivity contribution >= 4 is 0 Å². The van der Waals surface area contributed by atoms with Gasteiger partial charge in [-0.05, 0) is 13.0 Å². The summed E-state index contributed by atoms with van der Waals surface area (Å²) in [5.74, 6) is 0. The molecule has 6 heteroatoms. The fraction of sp³-hybridized carbons (Fsp3) is 0.500. The van der Waals surface area contributed by atoms with Gasteiger partial charge in [0.25, 0.3) is 0 Å². The van der Waals surface area contributed by atoms with Gasteiger partial charge in [-0.1, -0.05) is 0 Å². The first-order valence-electron chi connectivity index (χ1n) is 1.93. The van der Waals surface area contributed by atoms with Gasteiger partial charge in [0.1, 0.15) is 0 Å². The third kappa shape index (κ3) is 12.6. The number of halogens is 3. The summed E-state index contributed by atoms with van der Waals surface area (Å²) in [4.78, 5) is 0. The first-order valence-corrected chi connectivity index (χ1v) is 1.93. The van der Waals surface area contributed by atoms with Crippen LogP contribution in [0.1, 0.15) is 0 Å². The molecule has 0 rings (SSSR count). The van der Waals surface area contributed by atoms with Crippen molar-refractivity contribution in [2.45, 2.75) is 0 Å². The monoisotopic (exact) mass is 304 g/mol. The molecule has 0 aromatic rings. The van der Waals surface area contributed by atoms with Crippen molar-refractivity contribution < 1.29 is 83.3 Å². The third-order valence-corrected chi connectivity index (χ3v) is 0.379. The molecule has 0 unspecified atom stereocenters. The Morgan fingerprint density at radius 2 is 1.80 bits per heavy atom. The summed E-state index contributed by atoms with van der Waals surface area (Å²) in [7, 11) is 0. The predicted molar refractivity (Wildman–Crippen MR) is 21.7 cm³/mol. The van der Waals surface area contributed by atoms with Gasteiger partial charge in [-0.15, -0.1) is 0 Å². The van der Waals surface area contributed by atoms with Gasteiger partial charge in [0.05, 0.1) is 0 Å². The summed E-state index contributed by atoms with van der Waals surface area (Å²) in [5.41, 5.74) is 0. The van der Waals surface area contributed by atoms with E-state index in [0.717, 1.165) is 0 Å². The minimum absolute atomic E-state index is 0. The second-order valence-electron chi connectivity index (χ2n) is 0.928. The van der Waals surface area contributed by atoms with Crippen LogP contribution >= 0.6 is 0 Å². The molecule has 0 fully saturated rings. The van der Waals surface area contributed by atoms with E-state index in [9.17, 15) is 13.2 Å². The smallest absolute Gasteiger partial charge is 0.0170 e. The van der Waals surface area contributed by atoms with Crippen molar-refractivity contribution in [3.8, 4) is 0 Å². The Hall–Kier alpha value is 1.96. The maximum Gasteiger partial charge on any atom is 0.0170 e. The van der Waals surface area contributed by atoms with E-state index in [0.29, 0.717) is 6.61 Å². The number of rotatable bonds is 4. The Balaban J connectivity index is -0.000000245. The van der Waals surface area contributed by atoms with Crippen molar-refractivity contribution in [2.24, 2.45) is 0 Å². The van der Waals surface area contributed by atoms with Gasteiger partial charge in [-0.2, -0.15) is 0 Å². The summed E-state index contributed by atoms with van der Waals surface area (Å²) >= 11 is 0. The summed E-state index contributed by atoms with van der Waals surface area (Å²) in [6, 6.07) is 0. The molecule has 0 spiro atoms. The SMILES string of the molecule is FC[CH-]O[C-](F)CF.[Y].[Y]. The average molecular weight is 304 g/mol. The van der Waals surface area contributed by atoms with Crippen molar-refractivity contribution in [1.29, 1.82) is 0 Å². The molecular weight excluding hydrogens is 299 g/mol. The molecule has 1 nitrogen and oxygen atoms in total. The number of hydrogen-bond donors (Lipinski definition) is 0. The molecule has 0 atom stereocenters. The summed E-state index contributed by atoms with van der Waals surface area (Å²) in [6.07, 6.45) is -1.32. The van der Waals surface area contributed by atoms with Crippen LogP contribution in [0.3, 0.4) is 0 Å². The molecule has 0 aliphatic rings. The molecule has 0 aromatic heterocycles. The molecule has 0 bridgehead atoms. The van der Waals surface area contributed by atoms with E-state index < -0.39 is 19.7 Å². The van der Waals surface area contributed by atoms with E-state index in [-0.39, 0.29) is 65.4 Å². The maximum atomic E-state index is 11.4. The van der Waals surface area contributed by atoms with Gasteiger partial charge in [-0.25, -0.2) is 6.61 Å². The molecule has 2 radical (unpaired) electrons. The van der Waals surface area contributed by atoms with Gasteiger partial charge in [0.15, 0.2) is 0 Å². The van der Waals surface area contributed by atoms with Crippen LogP contribution in [0.2, 0.25) is 0 Å². The molecule has 0 aliphatic carbocycles. The Morgan fingerprint density at radius 3 is 2.10 bits per heavy atom. The minimum atomic E-state index is -1.32. The van der Waals surface area contributed by atoms with Crippen LogP contribution in [0.15, 0.2) is 0 Å². The zero-order valence-electron chi connectivity index (χ0n) is 5.19. The Kier molecular flexibility index (Phi) is 24.2. The maximum absolute atomic E-state index is 11.4. The van der Waals surface area contributed by atoms with Crippen molar-refractivity contribution in [3.05, 3.63) is 13.0 Å². The Bertz CT molecular complexity index is 57.8. The third-order valence-electron chi connectivity index (χ3n) is 0.379. The van der Waals surface area contributed by atoms with Gasteiger partial charge in [0.2, 0.25) is 0 Å². The standard InChI is InChI=1S/C4H5F3O.2Y/c5-1-2-8-4(7)3-6;;/h2H,1,3H2;;/q-2;;. The second-order valence-corrected chi connectivity index (χ2v) is 0.928. The Morgan fingerprint density at radius 1 is 1.30 bits per heavy atom. The quantitative estimate of drug-likeness (QED) is 0.716. The van der Waals surface area contributed by atoms with E-state index in [1.165, 1.54) is 0 Å². The second kappa shape index (κ2) is 13.5. The molecule has 10 heavy (non-hydrogen) atoms. The number of ether oxygens (including phenoxy) is 1. The van der Waals surface area contributed by atoms with E-state index in [1.54, 1.807) is 0 Å². The van der Waals surface area contributed by atoms with Gasteiger partial charge >= 0.3 is 0 Å². The van der Waals surface area contributed by atoms with Crippen LogP contribution in [0.25, 0.3) is 0 Å². The first kappa shape index (κ1) is 17.9. The van der Waals surface area contributed by atoms with Crippen LogP contribution in [-0.2, 0) is 70.2 Å². The van der Waals surface area contributed by atoms with E-state index >= 15 is 0 Å². The fourth-order valence-corrected chi connectivity index (χ4v) is 0.153. The van der Waals surface area contributed by atoms with Crippen LogP contribution in [0.5, 0.6) is 0 Å². The first-order chi connectivity index (χ1) is 3.81. The average Bonchev–Trinajstić information content (AvgIpc) is 1.83. The molecular formula is C4H5F3OY2-2. The molecule has 0 aromatic carbocycles. The van der Waals surface area contributed by atoms with Crippen molar-refractivity contribution in [2.75, 3.05) is 13.3 Å². The molecule has 0 saturated heterocycles. The van der Waals surface area contributed by atoms with Gasteiger partial charge in [-0.3, -0.25) is 8.78 Å². The molecule has 0 aliphatic heterocycles. The van der Waals surface area contributed by atoms with Crippen LogP contribution < -0.4 is 0 Å². The number of alkyl halides is 2. The van der Waals surface area contributed by atoms with Crippen molar-refractivity contribution in [1.82, 2.24) is 0 Å². The zero-order chi connectivity index (χ0) is 6.41. The minimum Gasteiger partial charge on any atom is -0.684 e. The van der Waals surface area contributed by atoms with E-state index in [1.807, 2.05) is 0 Å². The molecule has 0 amide bonds. The predicted octanol–water partition coefficient (Wildman–Crippen LogP) is 1.56. The summed E-state index contributed by atoms with van der Waals surface area (Å²) in [5, 5.41) is 0. The fourth-order valence-electron chi connectivity index (χ4n) is 0.153. The summed E-state index contributed by atoms with van der Waals surface area (Å²) in [6.45, 7) is -1.71. The summed E-state index contributed by atoms with van der Waals surface area (Å²) < 4.78 is 37.2. The van der Waals surface area contributed by atoms with E-state index in [2.05, 4.69) is 4.74 Å². The van der Waals surface area contributed by atoms with E-state index in [4.69, 9.17) is 0 Å². The normalized spacial score (nSPS) is 8.40. The molecule has 0 heterocycles. The largest absolute Gasteiger partial charge is 0.684 e. The van der Waals surface area contributed by atoms with Gasteiger partial charge in [0, 0.05) is 72.1 Å². The Labute approximate surface area is 108 Å². The van der Waals surface area contributed by atoms with Crippen LogP contribution in [0, 0.1) is 13.0 Å². The molecule has 0 N–H and O–H groups in total. The van der Waals surface area contributed by atoms with Crippen LogP contribution in [-0.4, -0.2) is 13.3 Å². The molecule has 56 valence electrons. The molecule has 0 saturated carbocycles.